The van der Waals surface area contributed by atoms with Crippen LogP contribution in [0.3, 0.4) is 0 Å². The molecular formula is C25H38N8O4. The van der Waals surface area contributed by atoms with Crippen LogP contribution in [0.1, 0.15) is 32.3 Å². The predicted molar refractivity (Wildman–Crippen MR) is 141 cm³/mol. The minimum atomic E-state index is -0.685. The van der Waals surface area contributed by atoms with Gasteiger partial charge in [-0.05, 0) is 57.0 Å². The first-order chi connectivity index (χ1) is 17.5. The van der Waals surface area contributed by atoms with E-state index in [1.54, 1.807) is 12.3 Å². The number of likely N-dealkylation sites (tertiary alicyclic amines) is 1. The molecule has 0 unspecified atom stereocenters. The van der Waals surface area contributed by atoms with E-state index in [1.807, 2.05) is 38.1 Å². The van der Waals surface area contributed by atoms with Gasteiger partial charge in [-0.2, -0.15) is 4.98 Å². The minimum absolute atomic E-state index is 0.131. The Labute approximate surface area is 216 Å². The van der Waals surface area contributed by atoms with E-state index in [-0.39, 0.29) is 12.4 Å². The van der Waals surface area contributed by atoms with Gasteiger partial charge >= 0.3 is 11.7 Å². The molecule has 1 aromatic carbocycles. The Kier molecular flexibility index (Phi) is 9.38. The average Bonchev–Trinajstić information content (AvgIpc) is 2.80. The van der Waals surface area contributed by atoms with E-state index in [0.717, 1.165) is 5.56 Å². The number of nitrogens with one attached hydrogen (secondary N) is 2. The molecule has 3 amide bonds. The van der Waals surface area contributed by atoms with Gasteiger partial charge in [0.25, 0.3) is 0 Å². The standard InChI is InChI=1S/C25H38N8O4/c1-24(2,27)9-13-32(14-11-28-18-34)22(35)29-21-7-12-33(23(36)30-21)20-5-3-19(4-6-20)15-31-16-25(37,17-31)8-10-26/h3-7,12,18,37H,8-11,13-17,26-27H2,1-2H3,(H,28,34)(H,29,30,35,36). The van der Waals surface area contributed by atoms with Crippen LogP contribution in [0.25, 0.3) is 5.69 Å². The Bertz CT molecular complexity index is 1110. The molecule has 1 fully saturated rings. The van der Waals surface area contributed by atoms with E-state index >= 15 is 0 Å². The van der Waals surface area contributed by atoms with Crippen molar-refractivity contribution in [3.05, 3.63) is 52.6 Å². The number of hydrogen-bond donors (Lipinski definition) is 5. The second-order valence-electron chi connectivity index (χ2n) is 10.3. The number of nitrogens with two attached hydrogens (primary N) is 2. The number of amides is 3. The maximum atomic E-state index is 12.8. The van der Waals surface area contributed by atoms with Crippen molar-refractivity contribution in [1.29, 1.82) is 0 Å². The highest BCUT2D eigenvalue weighted by molar-refractivity contribution is 5.88. The normalized spacial score (nSPS) is 15.1. The van der Waals surface area contributed by atoms with Gasteiger partial charge in [-0.15, -0.1) is 0 Å². The molecule has 1 aliphatic rings. The number of rotatable bonds is 13. The summed E-state index contributed by atoms with van der Waals surface area (Å²) in [5, 5.41) is 15.5. The molecule has 7 N–H and O–H groups in total. The van der Waals surface area contributed by atoms with Crippen LogP contribution in [0.5, 0.6) is 0 Å². The number of aromatic nitrogens is 2. The van der Waals surface area contributed by atoms with Crippen molar-refractivity contribution in [2.75, 3.05) is 44.6 Å². The first kappa shape index (κ1) is 28.3. The molecule has 202 valence electrons. The Hall–Kier alpha value is -3.32. The van der Waals surface area contributed by atoms with E-state index in [0.29, 0.717) is 64.2 Å². The molecule has 37 heavy (non-hydrogen) atoms. The topological polar surface area (TPSA) is 172 Å². The first-order valence-electron chi connectivity index (χ1n) is 12.4. The molecule has 12 nitrogen and oxygen atoms in total. The fourth-order valence-electron chi connectivity index (χ4n) is 4.20. The summed E-state index contributed by atoms with van der Waals surface area (Å²) in [4.78, 5) is 43.7. The summed E-state index contributed by atoms with van der Waals surface area (Å²) in [7, 11) is 0. The lowest BCUT2D eigenvalue weighted by molar-refractivity contribution is -0.109. The van der Waals surface area contributed by atoms with Crippen LogP contribution in [-0.4, -0.2) is 87.3 Å². The Morgan fingerprint density at radius 2 is 1.95 bits per heavy atom. The van der Waals surface area contributed by atoms with Crippen molar-refractivity contribution in [2.45, 2.75) is 44.4 Å². The zero-order valence-electron chi connectivity index (χ0n) is 21.5. The molecule has 1 aliphatic heterocycles. The van der Waals surface area contributed by atoms with E-state index in [1.165, 1.54) is 9.47 Å². The molecule has 1 saturated heterocycles. The SMILES string of the molecule is CC(C)(N)CCN(CCNC=O)C(=O)Nc1ccn(-c2ccc(CN3CC(O)(CCN)C3)cc2)c(=O)n1. The number of carbonyl (C=O) groups is 2. The maximum Gasteiger partial charge on any atom is 0.354 e. The second kappa shape index (κ2) is 12.3. The van der Waals surface area contributed by atoms with E-state index in [9.17, 15) is 19.5 Å². The fourth-order valence-corrected chi connectivity index (χ4v) is 4.20. The number of anilines is 1. The third kappa shape index (κ3) is 8.35. The third-order valence-corrected chi connectivity index (χ3v) is 6.23. The smallest absolute Gasteiger partial charge is 0.354 e. The average molecular weight is 515 g/mol. The van der Waals surface area contributed by atoms with Gasteiger partial charge in [-0.3, -0.25) is 19.6 Å². The monoisotopic (exact) mass is 514 g/mol. The second-order valence-corrected chi connectivity index (χ2v) is 10.3. The number of benzene rings is 1. The Morgan fingerprint density at radius 1 is 1.24 bits per heavy atom. The van der Waals surface area contributed by atoms with Gasteiger partial charge in [-0.25, -0.2) is 9.59 Å². The van der Waals surface area contributed by atoms with Gasteiger partial charge in [0.2, 0.25) is 6.41 Å². The highest BCUT2D eigenvalue weighted by Gasteiger charge is 2.39. The maximum absolute atomic E-state index is 12.8. The van der Waals surface area contributed by atoms with Crippen LogP contribution in [-0.2, 0) is 11.3 Å². The van der Waals surface area contributed by atoms with Gasteiger partial charge < -0.3 is 26.8 Å². The van der Waals surface area contributed by atoms with Gasteiger partial charge in [0.1, 0.15) is 5.82 Å². The van der Waals surface area contributed by atoms with Crippen molar-refractivity contribution in [3.63, 3.8) is 0 Å². The summed E-state index contributed by atoms with van der Waals surface area (Å²) in [5.41, 5.74) is 11.6. The molecule has 0 saturated carbocycles. The summed E-state index contributed by atoms with van der Waals surface area (Å²) in [6, 6.07) is 8.65. The van der Waals surface area contributed by atoms with Gasteiger partial charge in [0.05, 0.1) is 11.3 Å². The number of nitrogens with zero attached hydrogens (tertiary/aromatic N) is 4. The van der Waals surface area contributed by atoms with Crippen molar-refractivity contribution >= 4 is 18.3 Å². The van der Waals surface area contributed by atoms with Crippen LogP contribution in [0.4, 0.5) is 10.6 Å². The van der Waals surface area contributed by atoms with E-state index < -0.39 is 22.9 Å². The molecule has 2 heterocycles. The number of hydrogen-bond acceptors (Lipinski definition) is 8. The van der Waals surface area contributed by atoms with Crippen molar-refractivity contribution in [1.82, 2.24) is 24.7 Å². The molecule has 1 aromatic heterocycles. The van der Waals surface area contributed by atoms with Crippen LogP contribution < -0.4 is 27.8 Å². The van der Waals surface area contributed by atoms with E-state index in [4.69, 9.17) is 11.5 Å². The molecule has 0 aliphatic carbocycles. The highest BCUT2D eigenvalue weighted by Crippen LogP contribution is 2.25. The Balaban J connectivity index is 1.61. The van der Waals surface area contributed by atoms with Crippen molar-refractivity contribution < 1.29 is 14.7 Å². The van der Waals surface area contributed by atoms with Crippen LogP contribution in [0.2, 0.25) is 0 Å². The number of urea groups is 1. The summed E-state index contributed by atoms with van der Waals surface area (Å²) in [6.45, 7) is 7.05. The highest BCUT2D eigenvalue weighted by atomic mass is 16.3. The molecule has 0 spiro atoms. The molecule has 12 heteroatoms. The minimum Gasteiger partial charge on any atom is -0.387 e. The summed E-state index contributed by atoms with van der Waals surface area (Å²) in [5.74, 6) is 0.131. The summed E-state index contributed by atoms with van der Waals surface area (Å²) >= 11 is 0. The van der Waals surface area contributed by atoms with Gasteiger partial charge in [0.15, 0.2) is 0 Å². The zero-order chi connectivity index (χ0) is 27.1. The number of β-amino-alcohol motifs (C(OH)–C–C–N with tert-alkyl or cyclic N) is 1. The van der Waals surface area contributed by atoms with Crippen molar-refractivity contribution in [2.24, 2.45) is 11.5 Å². The number of aliphatic hydroxyl groups is 1. The summed E-state index contributed by atoms with van der Waals surface area (Å²) in [6.07, 6.45) is 3.28. The Morgan fingerprint density at radius 3 is 2.54 bits per heavy atom. The largest absolute Gasteiger partial charge is 0.387 e. The van der Waals surface area contributed by atoms with Crippen LogP contribution in [0.15, 0.2) is 41.3 Å². The van der Waals surface area contributed by atoms with Crippen LogP contribution >= 0.6 is 0 Å². The molecule has 2 aromatic rings. The van der Waals surface area contributed by atoms with Gasteiger partial charge in [0, 0.05) is 51.0 Å². The molecule has 3 rings (SSSR count). The lowest BCUT2D eigenvalue weighted by atomic mass is 9.90. The molecule has 0 atom stereocenters. The third-order valence-electron chi connectivity index (χ3n) is 6.23. The fraction of sp³-hybridized carbons (Fsp3) is 0.520. The lowest BCUT2D eigenvalue weighted by Gasteiger charge is -2.46. The summed E-state index contributed by atoms with van der Waals surface area (Å²) < 4.78 is 1.39. The quantitative estimate of drug-likeness (QED) is 0.181. The van der Waals surface area contributed by atoms with Gasteiger partial charge in [-0.1, -0.05) is 12.1 Å². The zero-order valence-corrected chi connectivity index (χ0v) is 21.5. The molecule has 0 bridgehead atoms. The molecule has 0 radical (unpaired) electrons. The number of carbonyl (C=O) groups excluding carboxylic acids is 2. The molecular weight excluding hydrogens is 476 g/mol. The lowest BCUT2D eigenvalue weighted by Crippen LogP contribution is -2.61. The van der Waals surface area contributed by atoms with Crippen molar-refractivity contribution in [3.8, 4) is 5.69 Å². The van der Waals surface area contributed by atoms with Crippen LogP contribution in [0, 0.1) is 0 Å². The van der Waals surface area contributed by atoms with E-state index in [2.05, 4.69) is 20.5 Å². The predicted octanol–water partition coefficient (Wildman–Crippen LogP) is -0.165. The first-order valence-corrected chi connectivity index (χ1v) is 12.4.